The van der Waals surface area contributed by atoms with Crippen LogP contribution in [0.3, 0.4) is 0 Å². The van der Waals surface area contributed by atoms with Crippen molar-refractivity contribution < 1.29 is 9.90 Å². The van der Waals surface area contributed by atoms with Crippen molar-refractivity contribution in [3.05, 3.63) is 35.9 Å². The number of carboxylic acid groups (broad SMARTS) is 1. The molecule has 2 aliphatic rings. The van der Waals surface area contributed by atoms with Gasteiger partial charge in [-0.05, 0) is 24.9 Å². The number of carbonyl (C=O) groups is 1. The van der Waals surface area contributed by atoms with Crippen LogP contribution in [0.25, 0.3) is 0 Å². The predicted octanol–water partition coefficient (Wildman–Crippen LogP) is 1.81. The van der Waals surface area contributed by atoms with Gasteiger partial charge in [-0.3, -0.25) is 14.6 Å². The molecule has 2 saturated heterocycles. The van der Waals surface area contributed by atoms with Gasteiger partial charge in [0, 0.05) is 25.7 Å². The third-order valence-corrected chi connectivity index (χ3v) is 4.49. The maximum absolute atomic E-state index is 11.3. The molecular weight excluding hydrogens is 252 g/mol. The van der Waals surface area contributed by atoms with Crippen LogP contribution in [0.15, 0.2) is 30.3 Å². The molecule has 1 atom stereocenters. The Labute approximate surface area is 120 Å². The molecule has 3 rings (SSSR count). The van der Waals surface area contributed by atoms with Gasteiger partial charge in [-0.1, -0.05) is 36.8 Å². The average Bonchev–Trinajstić information content (AvgIpc) is 2.43. The minimum atomic E-state index is -0.647. The molecule has 0 aromatic heterocycles. The Morgan fingerprint density at radius 1 is 1.20 bits per heavy atom. The van der Waals surface area contributed by atoms with Crippen LogP contribution < -0.4 is 0 Å². The third kappa shape index (κ3) is 2.86. The molecule has 0 unspecified atom stereocenters. The molecule has 0 bridgehead atoms. The molecule has 2 aliphatic heterocycles. The molecule has 2 fully saturated rings. The van der Waals surface area contributed by atoms with Crippen LogP contribution in [-0.4, -0.2) is 52.6 Å². The molecule has 108 valence electrons. The van der Waals surface area contributed by atoms with Crippen molar-refractivity contribution in [1.82, 2.24) is 9.80 Å². The van der Waals surface area contributed by atoms with E-state index in [0.717, 1.165) is 45.4 Å². The number of piperidine rings is 1. The third-order valence-electron chi connectivity index (χ3n) is 4.49. The Kier molecular flexibility index (Phi) is 4.03. The van der Waals surface area contributed by atoms with Crippen LogP contribution in [0.5, 0.6) is 0 Å². The number of rotatable bonds is 4. The number of carboxylic acids is 1. The van der Waals surface area contributed by atoms with E-state index in [4.69, 9.17) is 0 Å². The molecule has 0 spiro atoms. The largest absolute Gasteiger partial charge is 0.480 e. The van der Waals surface area contributed by atoms with E-state index in [1.165, 1.54) is 5.56 Å². The molecule has 0 aliphatic carbocycles. The summed E-state index contributed by atoms with van der Waals surface area (Å²) in [7, 11) is 0. The first-order chi connectivity index (χ1) is 9.74. The number of hydrogen-bond acceptors (Lipinski definition) is 3. The van der Waals surface area contributed by atoms with E-state index in [2.05, 4.69) is 34.1 Å². The zero-order valence-corrected chi connectivity index (χ0v) is 11.7. The van der Waals surface area contributed by atoms with Crippen molar-refractivity contribution in [2.45, 2.75) is 37.9 Å². The minimum absolute atomic E-state index is 0.257. The molecule has 0 saturated carbocycles. The smallest absolute Gasteiger partial charge is 0.320 e. The van der Waals surface area contributed by atoms with Crippen LogP contribution >= 0.6 is 0 Å². The second-order valence-electron chi connectivity index (χ2n) is 5.92. The highest BCUT2D eigenvalue weighted by molar-refractivity contribution is 5.73. The lowest BCUT2D eigenvalue weighted by Crippen LogP contribution is -2.63. The Bertz CT molecular complexity index is 457. The molecule has 1 aromatic carbocycles. The quantitative estimate of drug-likeness (QED) is 0.909. The zero-order chi connectivity index (χ0) is 13.9. The van der Waals surface area contributed by atoms with Gasteiger partial charge in [0.15, 0.2) is 0 Å². The van der Waals surface area contributed by atoms with E-state index >= 15 is 0 Å². The summed E-state index contributed by atoms with van der Waals surface area (Å²) in [5.74, 6) is -0.647. The SMILES string of the molecule is O=C(O)[C@@H]1CCCCN1C1CN(Cc2ccccc2)C1. The first kappa shape index (κ1) is 13.6. The molecule has 20 heavy (non-hydrogen) atoms. The highest BCUT2D eigenvalue weighted by Crippen LogP contribution is 2.25. The monoisotopic (exact) mass is 274 g/mol. The molecule has 4 nitrogen and oxygen atoms in total. The van der Waals surface area contributed by atoms with Crippen LogP contribution in [0, 0.1) is 0 Å². The normalized spacial score (nSPS) is 25.3. The molecule has 2 heterocycles. The van der Waals surface area contributed by atoms with Gasteiger partial charge in [0.2, 0.25) is 0 Å². The van der Waals surface area contributed by atoms with Crippen molar-refractivity contribution in [3.8, 4) is 0 Å². The van der Waals surface area contributed by atoms with Gasteiger partial charge in [0.05, 0.1) is 0 Å². The van der Waals surface area contributed by atoms with Crippen molar-refractivity contribution in [2.75, 3.05) is 19.6 Å². The van der Waals surface area contributed by atoms with E-state index in [1.54, 1.807) is 0 Å². The maximum atomic E-state index is 11.3. The van der Waals surface area contributed by atoms with Crippen molar-refractivity contribution in [3.63, 3.8) is 0 Å². The number of likely N-dealkylation sites (tertiary alicyclic amines) is 2. The number of benzene rings is 1. The van der Waals surface area contributed by atoms with Gasteiger partial charge < -0.3 is 5.11 Å². The Balaban J connectivity index is 1.53. The number of nitrogens with zero attached hydrogens (tertiary/aromatic N) is 2. The predicted molar refractivity (Wildman–Crippen MR) is 77.5 cm³/mol. The van der Waals surface area contributed by atoms with Crippen LogP contribution in [0.1, 0.15) is 24.8 Å². The van der Waals surface area contributed by atoms with E-state index < -0.39 is 5.97 Å². The van der Waals surface area contributed by atoms with Crippen LogP contribution in [-0.2, 0) is 11.3 Å². The average molecular weight is 274 g/mol. The summed E-state index contributed by atoms with van der Waals surface area (Å²) in [5, 5.41) is 9.32. The molecule has 0 radical (unpaired) electrons. The van der Waals surface area contributed by atoms with Gasteiger partial charge in [-0.25, -0.2) is 0 Å². The molecule has 4 heteroatoms. The zero-order valence-electron chi connectivity index (χ0n) is 11.7. The lowest BCUT2D eigenvalue weighted by atomic mass is 9.96. The Morgan fingerprint density at radius 3 is 2.65 bits per heavy atom. The van der Waals surface area contributed by atoms with E-state index in [-0.39, 0.29) is 6.04 Å². The van der Waals surface area contributed by atoms with Crippen molar-refractivity contribution in [1.29, 1.82) is 0 Å². The molecule has 0 amide bonds. The van der Waals surface area contributed by atoms with Crippen LogP contribution in [0.2, 0.25) is 0 Å². The summed E-state index contributed by atoms with van der Waals surface area (Å²) in [5.41, 5.74) is 1.33. The first-order valence-electron chi connectivity index (χ1n) is 7.49. The highest BCUT2D eigenvalue weighted by Gasteiger charge is 2.39. The molecule has 1 aromatic rings. The lowest BCUT2D eigenvalue weighted by Gasteiger charge is -2.48. The Hall–Kier alpha value is -1.39. The summed E-state index contributed by atoms with van der Waals surface area (Å²) in [6.07, 6.45) is 3.00. The standard InChI is InChI=1S/C16H22N2O2/c19-16(20)15-8-4-5-9-18(15)14-11-17(12-14)10-13-6-2-1-3-7-13/h1-3,6-7,14-15H,4-5,8-12H2,(H,19,20)/t15-/m0/s1. The fraction of sp³-hybridized carbons (Fsp3) is 0.562. The summed E-state index contributed by atoms with van der Waals surface area (Å²) < 4.78 is 0. The second kappa shape index (κ2) is 5.94. The van der Waals surface area contributed by atoms with Gasteiger partial charge in [0.25, 0.3) is 0 Å². The lowest BCUT2D eigenvalue weighted by molar-refractivity contribution is -0.148. The number of hydrogen-bond donors (Lipinski definition) is 1. The van der Waals surface area contributed by atoms with Gasteiger partial charge in [-0.15, -0.1) is 0 Å². The Morgan fingerprint density at radius 2 is 1.95 bits per heavy atom. The van der Waals surface area contributed by atoms with Crippen molar-refractivity contribution in [2.24, 2.45) is 0 Å². The minimum Gasteiger partial charge on any atom is -0.480 e. The topological polar surface area (TPSA) is 43.8 Å². The van der Waals surface area contributed by atoms with Gasteiger partial charge in [0.1, 0.15) is 6.04 Å². The summed E-state index contributed by atoms with van der Waals surface area (Å²) in [6.45, 7) is 3.92. The maximum Gasteiger partial charge on any atom is 0.320 e. The molecule has 1 N–H and O–H groups in total. The van der Waals surface area contributed by atoms with E-state index in [9.17, 15) is 9.90 Å². The van der Waals surface area contributed by atoms with Gasteiger partial charge in [-0.2, -0.15) is 0 Å². The fourth-order valence-corrected chi connectivity index (χ4v) is 3.38. The highest BCUT2D eigenvalue weighted by atomic mass is 16.4. The fourth-order valence-electron chi connectivity index (χ4n) is 3.38. The van der Waals surface area contributed by atoms with Crippen LogP contribution in [0.4, 0.5) is 0 Å². The van der Waals surface area contributed by atoms with E-state index in [1.807, 2.05) is 6.07 Å². The van der Waals surface area contributed by atoms with Crippen molar-refractivity contribution >= 4 is 5.97 Å². The summed E-state index contributed by atoms with van der Waals surface area (Å²) in [6, 6.07) is 10.6. The summed E-state index contributed by atoms with van der Waals surface area (Å²) >= 11 is 0. The summed E-state index contributed by atoms with van der Waals surface area (Å²) in [4.78, 5) is 15.9. The van der Waals surface area contributed by atoms with E-state index in [0.29, 0.717) is 6.04 Å². The van der Waals surface area contributed by atoms with Gasteiger partial charge >= 0.3 is 5.97 Å². The second-order valence-corrected chi connectivity index (χ2v) is 5.92. The first-order valence-corrected chi connectivity index (χ1v) is 7.49. The molecular formula is C16H22N2O2. The number of aliphatic carboxylic acids is 1.